The number of amides is 1. The fourth-order valence-electron chi connectivity index (χ4n) is 2.17. The van der Waals surface area contributed by atoms with E-state index in [0.717, 1.165) is 11.1 Å². The summed E-state index contributed by atoms with van der Waals surface area (Å²) in [5.74, 6) is -0.703. The lowest BCUT2D eigenvalue weighted by Crippen LogP contribution is -2.39. The van der Waals surface area contributed by atoms with E-state index in [1.165, 1.54) is 30.8 Å². The lowest BCUT2D eigenvalue weighted by molar-refractivity contribution is -0.125. The van der Waals surface area contributed by atoms with E-state index in [1.54, 1.807) is 18.2 Å². The molecule has 2 aromatic rings. The van der Waals surface area contributed by atoms with Crippen LogP contribution < -0.4 is 11.0 Å². The van der Waals surface area contributed by atoms with Gasteiger partial charge in [0.2, 0.25) is 0 Å². The highest BCUT2D eigenvalue weighted by Gasteiger charge is 2.17. The topological polar surface area (TPSA) is 77.7 Å². The van der Waals surface area contributed by atoms with Crippen molar-refractivity contribution in [3.05, 3.63) is 77.8 Å². The van der Waals surface area contributed by atoms with Gasteiger partial charge >= 0.3 is 0 Å². The second-order valence-electron chi connectivity index (χ2n) is 4.84. The van der Waals surface area contributed by atoms with Crippen LogP contribution in [0.2, 0.25) is 0 Å². The Kier molecular flexibility index (Phi) is 4.11. The molecule has 0 radical (unpaired) electrons. The van der Waals surface area contributed by atoms with Crippen molar-refractivity contribution in [2.24, 2.45) is 0 Å². The van der Waals surface area contributed by atoms with Gasteiger partial charge in [-0.2, -0.15) is 0 Å². The molecule has 23 heavy (non-hydrogen) atoms. The molecular weight excluding hydrogens is 301 g/mol. The van der Waals surface area contributed by atoms with Gasteiger partial charge in [0.25, 0.3) is 5.91 Å². The minimum Gasteiger partial charge on any atom is -0.507 e. The number of nitrogens with one attached hydrogen (secondary N) is 2. The third-order valence-electron chi connectivity index (χ3n) is 3.32. The van der Waals surface area contributed by atoms with Crippen LogP contribution in [0.25, 0.3) is 5.76 Å². The Balaban J connectivity index is 1.81. The Morgan fingerprint density at radius 2 is 2.17 bits per heavy atom. The third kappa shape index (κ3) is 3.24. The van der Waals surface area contributed by atoms with E-state index in [2.05, 4.69) is 11.0 Å². The first-order valence-corrected chi connectivity index (χ1v) is 6.87. The van der Waals surface area contributed by atoms with Crippen LogP contribution in [0, 0.1) is 5.82 Å². The Morgan fingerprint density at radius 3 is 2.91 bits per heavy atom. The first kappa shape index (κ1) is 14.9. The van der Waals surface area contributed by atoms with Gasteiger partial charge in [-0.3, -0.25) is 4.79 Å². The molecule has 0 saturated heterocycles. The molecule has 0 atom stereocenters. The van der Waals surface area contributed by atoms with Crippen LogP contribution in [0.5, 0.6) is 0 Å². The Hall–Kier alpha value is -3.06. The van der Waals surface area contributed by atoms with Gasteiger partial charge in [-0.1, -0.05) is 18.2 Å². The first-order valence-electron chi connectivity index (χ1n) is 6.87. The van der Waals surface area contributed by atoms with Gasteiger partial charge in [-0.05, 0) is 17.7 Å². The summed E-state index contributed by atoms with van der Waals surface area (Å²) in [4.78, 5) is 11.9. The number of halogens is 1. The van der Waals surface area contributed by atoms with Gasteiger partial charge in [0.1, 0.15) is 17.3 Å². The van der Waals surface area contributed by atoms with Crippen LogP contribution in [-0.2, 0) is 11.2 Å². The van der Waals surface area contributed by atoms with Gasteiger partial charge in [-0.15, -0.1) is 5.53 Å². The second-order valence-corrected chi connectivity index (χ2v) is 4.84. The Morgan fingerprint density at radius 1 is 1.35 bits per heavy atom. The third-order valence-corrected chi connectivity index (χ3v) is 3.32. The van der Waals surface area contributed by atoms with Crippen molar-refractivity contribution in [1.82, 2.24) is 16.0 Å². The van der Waals surface area contributed by atoms with Crippen molar-refractivity contribution < 1.29 is 18.7 Å². The summed E-state index contributed by atoms with van der Waals surface area (Å²) in [7, 11) is 0. The lowest BCUT2D eigenvalue weighted by atomic mass is 10.1. The molecule has 3 N–H and O–H groups in total. The molecule has 6 nitrogen and oxygen atoms in total. The Bertz CT molecular complexity index is 782. The summed E-state index contributed by atoms with van der Waals surface area (Å²) >= 11 is 0. The number of carbonyl (C=O) groups is 1. The van der Waals surface area contributed by atoms with Crippen LogP contribution in [0.1, 0.15) is 16.9 Å². The predicted octanol–water partition coefficient (Wildman–Crippen LogP) is 2.23. The highest BCUT2D eigenvalue weighted by atomic mass is 19.1. The van der Waals surface area contributed by atoms with E-state index in [-0.39, 0.29) is 18.0 Å². The molecule has 0 saturated carbocycles. The van der Waals surface area contributed by atoms with Crippen LogP contribution in [-0.4, -0.2) is 16.0 Å². The molecule has 3 rings (SSSR count). The number of rotatable bonds is 4. The standard InChI is InChI=1S/C16H14FN3O3/c17-13-4-2-1-3-11(13)9-15-12(5-8-23-15)14(21)10-16(22)20-7-6-18-19-20/h1-8,10,18-19,21H,9H2. The molecule has 0 unspecified atom stereocenters. The monoisotopic (exact) mass is 315 g/mol. The van der Waals surface area contributed by atoms with E-state index < -0.39 is 5.91 Å². The number of aliphatic hydroxyl groups excluding tert-OH is 1. The number of hydrazine groups is 2. The van der Waals surface area contributed by atoms with Crippen molar-refractivity contribution in [3.8, 4) is 0 Å². The van der Waals surface area contributed by atoms with Gasteiger partial charge in [0, 0.05) is 24.9 Å². The number of benzene rings is 1. The highest BCUT2D eigenvalue weighted by molar-refractivity contribution is 5.94. The normalized spacial score (nSPS) is 14.1. The second kappa shape index (κ2) is 6.37. The summed E-state index contributed by atoms with van der Waals surface area (Å²) in [6.07, 6.45) is 5.62. The molecule has 2 heterocycles. The minimum absolute atomic E-state index is 0.171. The zero-order chi connectivity index (χ0) is 16.2. The molecule has 1 aliphatic rings. The van der Waals surface area contributed by atoms with Gasteiger partial charge in [-0.25, -0.2) is 9.40 Å². The number of hydrogen-bond donors (Lipinski definition) is 3. The maximum atomic E-state index is 13.7. The molecule has 7 heteroatoms. The zero-order valence-corrected chi connectivity index (χ0v) is 12.0. The van der Waals surface area contributed by atoms with E-state index in [1.807, 2.05) is 0 Å². The quantitative estimate of drug-likeness (QED) is 0.596. The summed E-state index contributed by atoms with van der Waals surface area (Å²) in [6.45, 7) is 0. The average Bonchev–Trinajstić information content (AvgIpc) is 3.20. The smallest absolute Gasteiger partial charge is 0.270 e. The summed E-state index contributed by atoms with van der Waals surface area (Å²) in [5.41, 5.74) is 5.96. The molecule has 0 fully saturated rings. The predicted molar refractivity (Wildman–Crippen MR) is 80.8 cm³/mol. The van der Waals surface area contributed by atoms with E-state index >= 15 is 0 Å². The van der Waals surface area contributed by atoms with Gasteiger partial charge in [0.05, 0.1) is 11.8 Å². The molecule has 0 spiro atoms. The summed E-state index contributed by atoms with van der Waals surface area (Å²) < 4.78 is 19.0. The Labute approximate surface area is 131 Å². The molecular formula is C16H14FN3O3. The zero-order valence-electron chi connectivity index (χ0n) is 12.0. The average molecular weight is 315 g/mol. The van der Waals surface area contributed by atoms with E-state index in [9.17, 15) is 14.3 Å². The molecule has 1 aliphatic heterocycles. The number of nitrogens with zero attached hydrogens (tertiary/aromatic N) is 1. The molecule has 118 valence electrons. The fourth-order valence-corrected chi connectivity index (χ4v) is 2.17. The maximum absolute atomic E-state index is 13.7. The number of aliphatic hydroxyl groups is 1. The van der Waals surface area contributed by atoms with Gasteiger partial charge in [0.15, 0.2) is 0 Å². The largest absolute Gasteiger partial charge is 0.507 e. The molecule has 0 bridgehead atoms. The van der Waals surface area contributed by atoms with Crippen molar-refractivity contribution in [1.29, 1.82) is 0 Å². The first-order chi connectivity index (χ1) is 11.1. The van der Waals surface area contributed by atoms with Crippen molar-refractivity contribution in [2.45, 2.75) is 6.42 Å². The SMILES string of the molecule is O=C(C=C(O)c1ccoc1Cc1ccccc1F)N1C=CNN1. The van der Waals surface area contributed by atoms with Crippen LogP contribution in [0.3, 0.4) is 0 Å². The van der Waals surface area contributed by atoms with Crippen molar-refractivity contribution >= 4 is 11.7 Å². The van der Waals surface area contributed by atoms with Crippen LogP contribution >= 0.6 is 0 Å². The molecule has 1 aromatic heterocycles. The van der Waals surface area contributed by atoms with Crippen LogP contribution in [0.4, 0.5) is 4.39 Å². The summed E-state index contributed by atoms with van der Waals surface area (Å²) in [5, 5.41) is 11.3. The van der Waals surface area contributed by atoms with E-state index in [4.69, 9.17) is 4.42 Å². The van der Waals surface area contributed by atoms with Crippen molar-refractivity contribution in [2.75, 3.05) is 0 Å². The maximum Gasteiger partial charge on any atom is 0.270 e. The van der Waals surface area contributed by atoms with Crippen LogP contribution in [0.15, 0.2) is 59.5 Å². The molecule has 1 aromatic carbocycles. The van der Waals surface area contributed by atoms with E-state index in [0.29, 0.717) is 16.9 Å². The van der Waals surface area contributed by atoms with Crippen molar-refractivity contribution in [3.63, 3.8) is 0 Å². The minimum atomic E-state index is -0.471. The number of carbonyl (C=O) groups excluding carboxylic acids is 1. The number of hydrogen-bond acceptors (Lipinski definition) is 5. The highest BCUT2D eigenvalue weighted by Crippen LogP contribution is 2.23. The molecule has 0 aliphatic carbocycles. The van der Waals surface area contributed by atoms with Gasteiger partial charge < -0.3 is 14.9 Å². The number of furan rings is 1. The summed E-state index contributed by atoms with van der Waals surface area (Å²) in [6, 6.07) is 7.84. The lowest BCUT2D eigenvalue weighted by Gasteiger charge is -2.10. The molecule has 1 amide bonds. The fraction of sp³-hybridized carbons (Fsp3) is 0.0625.